The van der Waals surface area contributed by atoms with Crippen LogP contribution in [0.5, 0.6) is 0 Å². The van der Waals surface area contributed by atoms with Gasteiger partial charge in [-0.05, 0) is 19.8 Å². The molecule has 0 aliphatic carbocycles. The first-order chi connectivity index (χ1) is 5.54. The molecule has 3 N–H and O–H groups in total. The fraction of sp³-hybridized carbons (Fsp3) is 1.00. The Hall–Kier alpha value is -0.0800. The highest BCUT2D eigenvalue weighted by molar-refractivity contribution is 4.55. The van der Waals surface area contributed by atoms with E-state index in [0.717, 1.165) is 0 Å². The van der Waals surface area contributed by atoms with Crippen molar-refractivity contribution in [3.63, 3.8) is 0 Å². The Labute approximate surface area is 77.1 Å². The largest absolute Gasteiger partial charge is 0.255 e. The highest BCUT2D eigenvalue weighted by Crippen LogP contribution is 1.98. The standard InChI is InChI=1S/C10H24N2/c1-6-10(7-2)12(11)9(5)8(3)4/h8-10H,6-7,11H2,1-5H3/p+1. The van der Waals surface area contributed by atoms with Gasteiger partial charge in [-0.25, -0.2) is 0 Å². The lowest BCUT2D eigenvalue weighted by Gasteiger charge is -2.29. The fourth-order valence-corrected chi connectivity index (χ4v) is 1.52. The van der Waals surface area contributed by atoms with Gasteiger partial charge in [-0.3, -0.25) is 5.01 Å². The minimum atomic E-state index is 0.565. The second kappa shape index (κ2) is 5.55. The molecule has 0 bridgehead atoms. The third kappa shape index (κ3) is 3.11. The van der Waals surface area contributed by atoms with Gasteiger partial charge in [0.25, 0.3) is 0 Å². The van der Waals surface area contributed by atoms with Gasteiger partial charge in [0.1, 0.15) is 12.1 Å². The average Bonchev–Trinajstić information content (AvgIpc) is 2.05. The van der Waals surface area contributed by atoms with Crippen LogP contribution in [0.2, 0.25) is 0 Å². The average molecular weight is 173 g/mol. The maximum Gasteiger partial charge on any atom is 0.104 e. The van der Waals surface area contributed by atoms with E-state index >= 15 is 0 Å². The summed E-state index contributed by atoms with van der Waals surface area (Å²) in [5.74, 6) is 6.77. The van der Waals surface area contributed by atoms with Gasteiger partial charge in [-0.1, -0.05) is 27.7 Å². The second-order valence-corrected chi connectivity index (χ2v) is 4.05. The molecule has 0 fully saturated rings. The van der Waals surface area contributed by atoms with Crippen LogP contribution in [0.4, 0.5) is 0 Å². The second-order valence-electron chi connectivity index (χ2n) is 4.05. The van der Waals surface area contributed by atoms with Crippen molar-refractivity contribution in [1.82, 2.24) is 0 Å². The molecule has 0 amide bonds. The smallest absolute Gasteiger partial charge is 0.104 e. The normalized spacial score (nSPS) is 17.0. The minimum Gasteiger partial charge on any atom is -0.255 e. The van der Waals surface area contributed by atoms with Gasteiger partial charge in [0.05, 0.1) is 0 Å². The van der Waals surface area contributed by atoms with Crippen LogP contribution in [-0.4, -0.2) is 12.1 Å². The van der Waals surface area contributed by atoms with E-state index in [1.165, 1.54) is 17.9 Å². The predicted molar refractivity (Wildman–Crippen MR) is 53.8 cm³/mol. The molecule has 12 heavy (non-hydrogen) atoms. The van der Waals surface area contributed by atoms with E-state index in [-0.39, 0.29) is 0 Å². The van der Waals surface area contributed by atoms with Crippen molar-refractivity contribution in [3.05, 3.63) is 0 Å². The summed E-state index contributed by atoms with van der Waals surface area (Å²) in [5.41, 5.74) is 0. The lowest BCUT2D eigenvalue weighted by Crippen LogP contribution is -3.24. The Bertz CT molecular complexity index is 106. The number of nitrogens with two attached hydrogens (primary N) is 1. The Morgan fingerprint density at radius 2 is 1.50 bits per heavy atom. The third-order valence-corrected chi connectivity index (χ3v) is 2.98. The monoisotopic (exact) mass is 173 g/mol. The zero-order valence-electron chi connectivity index (χ0n) is 9.22. The highest BCUT2D eigenvalue weighted by atomic mass is 15.4. The van der Waals surface area contributed by atoms with E-state index in [2.05, 4.69) is 34.6 Å². The van der Waals surface area contributed by atoms with E-state index in [4.69, 9.17) is 5.84 Å². The molecule has 0 aliphatic heterocycles. The summed E-state index contributed by atoms with van der Waals surface area (Å²) >= 11 is 0. The first-order valence-corrected chi connectivity index (χ1v) is 5.16. The maximum absolute atomic E-state index is 6.10. The van der Waals surface area contributed by atoms with Crippen LogP contribution in [0.3, 0.4) is 0 Å². The molecule has 0 aromatic rings. The van der Waals surface area contributed by atoms with Crippen molar-refractivity contribution in [1.29, 1.82) is 0 Å². The first kappa shape index (κ1) is 11.9. The zero-order chi connectivity index (χ0) is 9.72. The van der Waals surface area contributed by atoms with E-state index < -0.39 is 0 Å². The van der Waals surface area contributed by atoms with E-state index in [0.29, 0.717) is 18.0 Å². The van der Waals surface area contributed by atoms with Crippen LogP contribution >= 0.6 is 0 Å². The molecule has 0 radical (unpaired) electrons. The molecule has 0 spiro atoms. The molecule has 0 rings (SSSR count). The number of nitrogens with one attached hydrogen (secondary N) is 1. The van der Waals surface area contributed by atoms with Crippen molar-refractivity contribution >= 4 is 0 Å². The van der Waals surface area contributed by atoms with Gasteiger partial charge in [-0.2, -0.15) is 5.84 Å². The molecular weight excluding hydrogens is 148 g/mol. The molecule has 2 heteroatoms. The maximum atomic E-state index is 6.10. The molecule has 0 aromatic carbocycles. The molecule has 0 saturated carbocycles. The van der Waals surface area contributed by atoms with Gasteiger partial charge in [0, 0.05) is 5.92 Å². The molecule has 74 valence electrons. The quantitative estimate of drug-likeness (QED) is 0.471. The topological polar surface area (TPSA) is 30.5 Å². The van der Waals surface area contributed by atoms with Gasteiger partial charge in [-0.15, -0.1) is 0 Å². The molecule has 2 atom stereocenters. The number of quaternary nitrogens is 1. The number of hydrogen-bond donors (Lipinski definition) is 2. The fourth-order valence-electron chi connectivity index (χ4n) is 1.52. The minimum absolute atomic E-state index is 0.565. The molecule has 0 aromatic heterocycles. The Morgan fingerprint density at radius 1 is 1.08 bits per heavy atom. The summed E-state index contributed by atoms with van der Waals surface area (Å²) in [6, 6.07) is 1.19. The SMILES string of the molecule is CCC(CC)[NH+](N)C(C)C(C)C. The third-order valence-electron chi connectivity index (χ3n) is 2.98. The van der Waals surface area contributed by atoms with Gasteiger partial charge >= 0.3 is 0 Å². The summed E-state index contributed by atoms with van der Waals surface area (Å²) < 4.78 is 0. The van der Waals surface area contributed by atoms with Gasteiger partial charge in [0.2, 0.25) is 0 Å². The van der Waals surface area contributed by atoms with E-state index in [9.17, 15) is 0 Å². The number of rotatable bonds is 5. The summed E-state index contributed by atoms with van der Waals surface area (Å²) in [6.45, 7) is 11.1. The van der Waals surface area contributed by atoms with Crippen LogP contribution in [0.1, 0.15) is 47.5 Å². The Balaban J connectivity index is 4.05. The van der Waals surface area contributed by atoms with Crippen LogP contribution < -0.4 is 10.9 Å². The van der Waals surface area contributed by atoms with Crippen molar-refractivity contribution in [2.75, 3.05) is 0 Å². The molecule has 0 heterocycles. The zero-order valence-corrected chi connectivity index (χ0v) is 9.22. The van der Waals surface area contributed by atoms with Gasteiger partial charge in [0.15, 0.2) is 0 Å². The summed E-state index contributed by atoms with van der Waals surface area (Å²) in [5, 5.41) is 1.20. The Kier molecular flexibility index (Phi) is 5.51. The van der Waals surface area contributed by atoms with Crippen LogP contribution in [-0.2, 0) is 0 Å². The van der Waals surface area contributed by atoms with Crippen LogP contribution in [0.15, 0.2) is 0 Å². The lowest BCUT2D eigenvalue weighted by molar-refractivity contribution is -0.963. The predicted octanol–water partition coefficient (Wildman–Crippen LogP) is 0.978. The van der Waals surface area contributed by atoms with Gasteiger partial charge < -0.3 is 0 Å². The molecule has 2 nitrogen and oxygen atoms in total. The summed E-state index contributed by atoms with van der Waals surface area (Å²) in [4.78, 5) is 0. The van der Waals surface area contributed by atoms with E-state index in [1.54, 1.807) is 0 Å². The lowest BCUT2D eigenvalue weighted by atomic mass is 10.0. The highest BCUT2D eigenvalue weighted by Gasteiger charge is 2.23. The van der Waals surface area contributed by atoms with Crippen LogP contribution in [0, 0.1) is 5.92 Å². The van der Waals surface area contributed by atoms with Crippen molar-refractivity contribution in [2.24, 2.45) is 11.8 Å². The number of hydrogen-bond acceptors (Lipinski definition) is 1. The molecular formula is C10H25N2+. The van der Waals surface area contributed by atoms with Crippen LogP contribution in [0.25, 0.3) is 0 Å². The van der Waals surface area contributed by atoms with E-state index in [1.807, 2.05) is 0 Å². The molecule has 2 unspecified atom stereocenters. The Morgan fingerprint density at radius 3 is 1.75 bits per heavy atom. The first-order valence-electron chi connectivity index (χ1n) is 5.16. The molecule has 0 aliphatic rings. The van der Waals surface area contributed by atoms with Crippen molar-refractivity contribution in [2.45, 2.75) is 59.5 Å². The van der Waals surface area contributed by atoms with Crippen molar-refractivity contribution < 1.29 is 5.01 Å². The summed E-state index contributed by atoms with van der Waals surface area (Å²) in [6.07, 6.45) is 2.36. The molecule has 0 saturated heterocycles. The van der Waals surface area contributed by atoms with Crippen molar-refractivity contribution in [3.8, 4) is 0 Å². The summed E-state index contributed by atoms with van der Waals surface area (Å²) in [7, 11) is 0.